The molecule has 10 nitrogen and oxygen atoms in total. The third-order valence-corrected chi connectivity index (χ3v) is 10.0. The Hall–Kier alpha value is -5.58. The molecule has 3 heterocycles. The van der Waals surface area contributed by atoms with Gasteiger partial charge >= 0.3 is 0 Å². The summed E-state index contributed by atoms with van der Waals surface area (Å²) < 4.78 is 7.22. The normalized spacial score (nSPS) is 18.2. The number of carbonyl (C=O) groups excluding carboxylic acids is 2. The van der Waals surface area contributed by atoms with Gasteiger partial charge in [-0.1, -0.05) is 85.0 Å². The molecule has 0 bridgehead atoms. The number of benzene rings is 4. The topological polar surface area (TPSA) is 121 Å². The number of anilines is 3. The zero-order chi connectivity index (χ0) is 35.5. The van der Waals surface area contributed by atoms with Crippen molar-refractivity contribution in [3.63, 3.8) is 0 Å². The fourth-order valence-corrected chi connectivity index (χ4v) is 7.14. The van der Waals surface area contributed by atoms with Gasteiger partial charge in [-0.15, -0.1) is 5.10 Å². The van der Waals surface area contributed by atoms with Gasteiger partial charge in [0.1, 0.15) is 5.75 Å². The van der Waals surface area contributed by atoms with Crippen LogP contribution in [0.5, 0.6) is 5.75 Å². The number of amides is 2. The molecule has 7 rings (SSSR count). The number of methoxy groups -OCH3 is 1. The van der Waals surface area contributed by atoms with Gasteiger partial charge in [0.25, 0.3) is 5.91 Å². The fraction of sp³-hybridized carbons (Fsp3) is 0.268. The van der Waals surface area contributed by atoms with Crippen LogP contribution >= 0.6 is 0 Å². The van der Waals surface area contributed by atoms with Crippen molar-refractivity contribution in [2.24, 2.45) is 5.92 Å². The molecule has 0 saturated carbocycles. The molecular formula is C41H41N5O5. The summed E-state index contributed by atoms with van der Waals surface area (Å²) in [6, 6.07) is 30.7. The van der Waals surface area contributed by atoms with E-state index in [0.717, 1.165) is 34.5 Å². The highest BCUT2D eigenvalue weighted by atomic mass is 16.5. The Morgan fingerprint density at radius 3 is 2.47 bits per heavy atom. The molecule has 0 saturated heterocycles. The lowest BCUT2D eigenvalue weighted by atomic mass is 9.83. The van der Waals surface area contributed by atoms with Crippen molar-refractivity contribution in [3.05, 3.63) is 143 Å². The van der Waals surface area contributed by atoms with Gasteiger partial charge in [-0.3, -0.25) is 19.2 Å². The zero-order valence-electron chi connectivity index (χ0n) is 28.7. The van der Waals surface area contributed by atoms with Crippen LogP contribution in [0.2, 0.25) is 0 Å². The molecule has 2 N–H and O–H groups in total. The van der Waals surface area contributed by atoms with Gasteiger partial charge in [0.2, 0.25) is 5.91 Å². The van der Waals surface area contributed by atoms with Crippen LogP contribution in [0, 0.1) is 5.92 Å². The molecule has 2 amide bonds. The second-order valence-electron chi connectivity index (χ2n) is 13.1. The highest BCUT2D eigenvalue weighted by Crippen LogP contribution is 2.47. The largest absolute Gasteiger partial charge is 0.497 e. The number of hydrogen-bond acceptors (Lipinski definition) is 7. The first-order valence-corrected chi connectivity index (χ1v) is 17.3. The average molecular weight is 684 g/mol. The minimum atomic E-state index is -1.81. The molecule has 2 aliphatic rings. The van der Waals surface area contributed by atoms with Crippen LogP contribution in [0.25, 0.3) is 0 Å². The molecule has 5 aromatic rings. The van der Waals surface area contributed by atoms with Gasteiger partial charge in [0, 0.05) is 36.3 Å². The number of aliphatic hydroxyl groups excluding tert-OH is 1. The molecule has 1 unspecified atom stereocenters. The Morgan fingerprint density at radius 2 is 1.71 bits per heavy atom. The van der Waals surface area contributed by atoms with Crippen LogP contribution in [0.1, 0.15) is 53.6 Å². The molecule has 10 heteroatoms. The standard InChI is InChI=1S/C41H41N5O5/c1-28(10-8-9-23-44-26-36(42-43-44)34(27-47)30-11-4-3-5-12-30)41(50)35-24-33(51-2)20-21-38(35)45(40(41)49)25-29-15-18-32(19-16-29)46-37-14-7-6-13-31(37)17-22-39(46)48/h3-8,10-16,18-21,24,26,28,34,47,50H,9,17,22-23,25,27H2,1-2H3/b10-8+/t28-,34?,41+/m0/s1. The third kappa shape index (κ3) is 6.44. The van der Waals surface area contributed by atoms with Gasteiger partial charge in [-0.25, -0.2) is 0 Å². The molecular weight excluding hydrogens is 642 g/mol. The predicted molar refractivity (Wildman–Crippen MR) is 195 cm³/mol. The maximum absolute atomic E-state index is 14.2. The molecule has 0 fully saturated rings. The van der Waals surface area contributed by atoms with Crippen LogP contribution < -0.4 is 14.5 Å². The number of rotatable bonds is 12. The van der Waals surface area contributed by atoms with Crippen LogP contribution in [0.3, 0.4) is 0 Å². The molecule has 260 valence electrons. The molecule has 2 aliphatic heterocycles. The summed E-state index contributed by atoms with van der Waals surface area (Å²) in [6.45, 7) is 2.55. The average Bonchev–Trinajstić information content (AvgIpc) is 3.71. The van der Waals surface area contributed by atoms with E-state index in [4.69, 9.17) is 4.74 Å². The maximum atomic E-state index is 14.2. The lowest BCUT2D eigenvalue weighted by Crippen LogP contribution is -2.44. The van der Waals surface area contributed by atoms with Crippen molar-refractivity contribution in [2.45, 2.75) is 50.8 Å². The lowest BCUT2D eigenvalue weighted by Gasteiger charge is -2.30. The van der Waals surface area contributed by atoms with Gasteiger partial charge in [0.05, 0.1) is 43.2 Å². The van der Waals surface area contributed by atoms with E-state index in [9.17, 15) is 19.8 Å². The van der Waals surface area contributed by atoms with Crippen molar-refractivity contribution < 1.29 is 24.5 Å². The second-order valence-corrected chi connectivity index (χ2v) is 13.1. The van der Waals surface area contributed by atoms with Crippen molar-refractivity contribution >= 4 is 28.9 Å². The molecule has 4 aromatic carbocycles. The predicted octanol–water partition coefficient (Wildman–Crippen LogP) is 6.04. The first kappa shape index (κ1) is 33.9. The van der Waals surface area contributed by atoms with Gasteiger partial charge in [-0.05, 0) is 65.9 Å². The van der Waals surface area contributed by atoms with E-state index in [2.05, 4.69) is 16.4 Å². The van der Waals surface area contributed by atoms with E-state index >= 15 is 0 Å². The first-order valence-electron chi connectivity index (χ1n) is 17.3. The Kier molecular flexibility index (Phi) is 9.53. The number of carbonyl (C=O) groups is 2. The summed E-state index contributed by atoms with van der Waals surface area (Å²) in [7, 11) is 1.56. The molecule has 0 radical (unpaired) electrons. The summed E-state index contributed by atoms with van der Waals surface area (Å²) >= 11 is 0. The molecule has 1 aromatic heterocycles. The molecule has 0 aliphatic carbocycles. The molecule has 3 atom stereocenters. The van der Waals surface area contributed by atoms with Crippen molar-refractivity contribution in [1.82, 2.24) is 15.0 Å². The molecule has 51 heavy (non-hydrogen) atoms. The van der Waals surface area contributed by atoms with Crippen molar-refractivity contribution in [2.75, 3.05) is 23.5 Å². The maximum Gasteiger partial charge on any atom is 0.264 e. The van der Waals surface area contributed by atoms with Gasteiger partial charge < -0.3 is 19.8 Å². The summed E-state index contributed by atoms with van der Waals surface area (Å²) in [4.78, 5) is 30.5. The van der Waals surface area contributed by atoms with E-state index < -0.39 is 17.4 Å². The number of aryl methyl sites for hydroxylation is 2. The zero-order valence-corrected chi connectivity index (χ0v) is 28.7. The highest BCUT2D eigenvalue weighted by Gasteiger charge is 2.52. The van der Waals surface area contributed by atoms with E-state index in [1.54, 1.807) is 33.7 Å². The summed E-state index contributed by atoms with van der Waals surface area (Å²) in [6.07, 6.45) is 7.43. The Morgan fingerprint density at radius 1 is 0.941 bits per heavy atom. The summed E-state index contributed by atoms with van der Waals surface area (Å²) in [5.41, 5.74) is 4.65. The quantitative estimate of drug-likeness (QED) is 0.154. The number of aliphatic hydroxyl groups is 2. The van der Waals surface area contributed by atoms with E-state index in [-0.39, 0.29) is 25.0 Å². The smallest absolute Gasteiger partial charge is 0.264 e. The Balaban J connectivity index is 1.06. The minimum absolute atomic E-state index is 0.0515. The number of fused-ring (bicyclic) bond motifs is 2. The number of allylic oxidation sites excluding steroid dienone is 1. The van der Waals surface area contributed by atoms with Gasteiger partial charge in [-0.2, -0.15) is 0 Å². The van der Waals surface area contributed by atoms with E-state index in [0.29, 0.717) is 42.1 Å². The third-order valence-electron chi connectivity index (χ3n) is 10.0. The van der Waals surface area contributed by atoms with Crippen LogP contribution in [-0.4, -0.2) is 50.7 Å². The van der Waals surface area contributed by atoms with Crippen molar-refractivity contribution in [1.29, 1.82) is 0 Å². The number of nitrogens with zero attached hydrogens (tertiary/aromatic N) is 5. The highest BCUT2D eigenvalue weighted by molar-refractivity contribution is 6.07. The van der Waals surface area contributed by atoms with Crippen LogP contribution in [0.15, 0.2) is 115 Å². The summed E-state index contributed by atoms with van der Waals surface area (Å²) in [5, 5.41) is 30.8. The molecule has 0 spiro atoms. The lowest BCUT2D eigenvalue weighted by molar-refractivity contribution is -0.139. The summed E-state index contributed by atoms with van der Waals surface area (Å²) in [5.74, 6) is -0.629. The minimum Gasteiger partial charge on any atom is -0.497 e. The SMILES string of the molecule is COc1ccc2c(c1)[C@](O)([C@@H](C)/C=C/CCn1cc(C(CO)c3ccccc3)nn1)C(=O)N2Cc1ccc(N2C(=O)CCc3ccccc32)cc1. The first-order chi connectivity index (χ1) is 24.8. The van der Waals surface area contributed by atoms with Crippen LogP contribution in [-0.2, 0) is 34.7 Å². The number of para-hydroxylation sites is 1. The Labute approximate surface area is 297 Å². The van der Waals surface area contributed by atoms with E-state index in [1.807, 2.05) is 104 Å². The van der Waals surface area contributed by atoms with E-state index in [1.165, 1.54) is 0 Å². The second kappa shape index (κ2) is 14.3. The fourth-order valence-electron chi connectivity index (χ4n) is 7.14. The number of hydrogen-bond donors (Lipinski definition) is 2. The van der Waals surface area contributed by atoms with Crippen molar-refractivity contribution in [3.8, 4) is 5.75 Å². The monoisotopic (exact) mass is 683 g/mol. The van der Waals surface area contributed by atoms with Crippen LogP contribution in [0.4, 0.5) is 17.1 Å². The Bertz CT molecular complexity index is 2060. The number of aromatic nitrogens is 3. The van der Waals surface area contributed by atoms with Gasteiger partial charge in [0.15, 0.2) is 5.60 Å². The number of ether oxygens (including phenoxy) is 1.